The number of methoxy groups -OCH3 is 1. The second-order valence-electron chi connectivity index (χ2n) is 9.01. The maximum Gasteiger partial charge on any atom is 0.243 e. The highest BCUT2D eigenvalue weighted by Gasteiger charge is 2.39. The molecule has 2 amide bonds. The summed E-state index contributed by atoms with van der Waals surface area (Å²) in [6.07, 6.45) is 10.4. The fourth-order valence-corrected chi connectivity index (χ4v) is 5.09. The van der Waals surface area contributed by atoms with Crippen molar-refractivity contribution in [2.24, 2.45) is 5.92 Å². The van der Waals surface area contributed by atoms with E-state index in [9.17, 15) is 9.59 Å². The molecule has 4 rings (SSSR count). The molecule has 1 aliphatic heterocycles. The third-order valence-electron chi connectivity index (χ3n) is 6.96. The van der Waals surface area contributed by atoms with Crippen molar-refractivity contribution in [3.05, 3.63) is 29.8 Å². The number of hydrogen-bond donors (Lipinski definition) is 1. The summed E-state index contributed by atoms with van der Waals surface area (Å²) in [5, 5.41) is 3.23. The lowest BCUT2D eigenvalue weighted by atomic mass is 9.90. The van der Waals surface area contributed by atoms with Crippen LogP contribution in [-0.4, -0.2) is 42.5 Å². The van der Waals surface area contributed by atoms with Gasteiger partial charge in [0.15, 0.2) is 0 Å². The molecule has 0 radical (unpaired) electrons. The first-order valence-electron chi connectivity index (χ1n) is 11.4. The molecule has 1 saturated heterocycles. The maximum atomic E-state index is 13.2. The number of nitrogens with zero attached hydrogens (tertiary/aromatic N) is 1. The van der Waals surface area contributed by atoms with Crippen molar-refractivity contribution < 1.29 is 14.3 Å². The van der Waals surface area contributed by atoms with E-state index in [0.29, 0.717) is 24.9 Å². The molecule has 0 aromatic heterocycles. The Balaban J connectivity index is 1.39. The van der Waals surface area contributed by atoms with E-state index >= 15 is 0 Å². The molecule has 2 atom stereocenters. The fourth-order valence-electron chi connectivity index (χ4n) is 5.09. The van der Waals surface area contributed by atoms with Gasteiger partial charge in [-0.05, 0) is 68.1 Å². The topological polar surface area (TPSA) is 58.6 Å². The van der Waals surface area contributed by atoms with E-state index in [0.717, 1.165) is 31.4 Å². The summed E-state index contributed by atoms with van der Waals surface area (Å²) in [6.45, 7) is 0.710. The van der Waals surface area contributed by atoms with Crippen LogP contribution in [0.5, 0.6) is 5.75 Å². The van der Waals surface area contributed by atoms with E-state index in [1.165, 1.54) is 37.7 Å². The monoisotopic (exact) mass is 398 g/mol. The molecule has 1 unspecified atom stereocenters. The standard InChI is InChI=1S/C24H34N2O3/c1-29-20-13-11-18(12-14-20)21(17-9-10-17)16-23(27)26-15-5-8-22(26)24(28)25-19-6-3-2-4-7-19/h11-14,17,19,21-22H,2-10,15-16H2,1H3,(H,25,28)/t21?,22-/m0/s1. The van der Waals surface area contributed by atoms with Gasteiger partial charge in [-0.2, -0.15) is 0 Å². The Morgan fingerprint density at radius 3 is 2.41 bits per heavy atom. The summed E-state index contributed by atoms with van der Waals surface area (Å²) in [5.74, 6) is 1.88. The number of amides is 2. The molecule has 5 heteroatoms. The van der Waals surface area contributed by atoms with Gasteiger partial charge in [-0.15, -0.1) is 0 Å². The van der Waals surface area contributed by atoms with Gasteiger partial charge in [-0.3, -0.25) is 9.59 Å². The van der Waals surface area contributed by atoms with Crippen LogP contribution >= 0.6 is 0 Å². The molecule has 29 heavy (non-hydrogen) atoms. The number of nitrogens with one attached hydrogen (secondary N) is 1. The summed E-state index contributed by atoms with van der Waals surface area (Å²) in [5.41, 5.74) is 1.21. The van der Waals surface area contributed by atoms with E-state index in [4.69, 9.17) is 4.74 Å². The first kappa shape index (κ1) is 20.2. The molecular weight excluding hydrogens is 364 g/mol. The first-order valence-corrected chi connectivity index (χ1v) is 11.4. The minimum atomic E-state index is -0.278. The lowest BCUT2D eigenvalue weighted by molar-refractivity contribution is -0.139. The average molecular weight is 399 g/mol. The molecule has 1 aromatic carbocycles. The first-order chi connectivity index (χ1) is 14.2. The third-order valence-corrected chi connectivity index (χ3v) is 6.96. The number of hydrogen-bond acceptors (Lipinski definition) is 3. The van der Waals surface area contributed by atoms with Gasteiger partial charge in [-0.25, -0.2) is 0 Å². The van der Waals surface area contributed by atoms with Crippen LogP contribution in [0.1, 0.15) is 75.7 Å². The molecule has 1 aromatic rings. The molecule has 2 aliphatic carbocycles. The van der Waals surface area contributed by atoms with Crippen molar-refractivity contribution in [3.63, 3.8) is 0 Å². The third kappa shape index (κ3) is 4.93. The molecule has 0 bridgehead atoms. The van der Waals surface area contributed by atoms with Crippen molar-refractivity contribution in [1.82, 2.24) is 10.2 Å². The molecular formula is C24H34N2O3. The Morgan fingerprint density at radius 2 is 1.76 bits per heavy atom. The second kappa shape index (κ2) is 9.19. The summed E-state index contributed by atoms with van der Waals surface area (Å²) >= 11 is 0. The number of likely N-dealkylation sites (tertiary alicyclic amines) is 1. The van der Waals surface area contributed by atoms with Crippen LogP contribution in [0.2, 0.25) is 0 Å². The van der Waals surface area contributed by atoms with Crippen molar-refractivity contribution in [2.75, 3.05) is 13.7 Å². The maximum absolute atomic E-state index is 13.2. The van der Waals surface area contributed by atoms with Gasteiger partial charge in [0.25, 0.3) is 0 Å². The molecule has 3 fully saturated rings. The Hall–Kier alpha value is -2.04. The van der Waals surface area contributed by atoms with E-state index < -0.39 is 0 Å². The second-order valence-corrected chi connectivity index (χ2v) is 9.01. The predicted octanol–water partition coefficient (Wildman–Crippen LogP) is 4.02. The predicted molar refractivity (Wildman–Crippen MR) is 113 cm³/mol. The van der Waals surface area contributed by atoms with Crippen LogP contribution < -0.4 is 10.1 Å². The molecule has 2 saturated carbocycles. The SMILES string of the molecule is COc1ccc(C(CC(=O)N2CCC[C@H]2C(=O)NC2CCCCC2)C2CC2)cc1. The van der Waals surface area contributed by atoms with Crippen LogP contribution in [-0.2, 0) is 9.59 Å². The van der Waals surface area contributed by atoms with Gasteiger partial charge >= 0.3 is 0 Å². The molecule has 1 N–H and O–H groups in total. The molecule has 3 aliphatic rings. The Bertz CT molecular complexity index is 707. The van der Waals surface area contributed by atoms with Crippen LogP contribution in [0.25, 0.3) is 0 Å². The normalized spacial score (nSPS) is 23.6. The minimum Gasteiger partial charge on any atom is -0.497 e. The highest BCUT2D eigenvalue weighted by molar-refractivity contribution is 5.88. The summed E-state index contributed by atoms with van der Waals surface area (Å²) in [7, 11) is 1.67. The summed E-state index contributed by atoms with van der Waals surface area (Å²) < 4.78 is 5.27. The zero-order valence-electron chi connectivity index (χ0n) is 17.6. The molecule has 0 spiro atoms. The van der Waals surface area contributed by atoms with Gasteiger partial charge < -0.3 is 15.0 Å². The summed E-state index contributed by atoms with van der Waals surface area (Å²) in [4.78, 5) is 28.0. The quantitative estimate of drug-likeness (QED) is 0.755. The fraction of sp³-hybridized carbons (Fsp3) is 0.667. The number of ether oxygens (including phenoxy) is 1. The largest absolute Gasteiger partial charge is 0.497 e. The lowest BCUT2D eigenvalue weighted by Crippen LogP contribution is -2.49. The Labute approximate surface area is 174 Å². The van der Waals surface area contributed by atoms with Crippen LogP contribution in [0.4, 0.5) is 0 Å². The zero-order valence-corrected chi connectivity index (χ0v) is 17.6. The zero-order chi connectivity index (χ0) is 20.2. The van der Waals surface area contributed by atoms with Crippen LogP contribution in [0.15, 0.2) is 24.3 Å². The van der Waals surface area contributed by atoms with Gasteiger partial charge in [0.1, 0.15) is 11.8 Å². The summed E-state index contributed by atoms with van der Waals surface area (Å²) in [6, 6.07) is 8.16. The van der Waals surface area contributed by atoms with Crippen LogP contribution in [0, 0.1) is 5.92 Å². The minimum absolute atomic E-state index is 0.0650. The van der Waals surface area contributed by atoms with E-state index in [-0.39, 0.29) is 23.8 Å². The van der Waals surface area contributed by atoms with Gasteiger partial charge in [0.2, 0.25) is 11.8 Å². The Kier molecular flexibility index (Phi) is 6.41. The molecule has 5 nitrogen and oxygen atoms in total. The highest BCUT2D eigenvalue weighted by atomic mass is 16.5. The number of rotatable bonds is 7. The molecule has 158 valence electrons. The number of carbonyl (C=O) groups excluding carboxylic acids is 2. The lowest BCUT2D eigenvalue weighted by Gasteiger charge is -2.29. The molecule has 1 heterocycles. The van der Waals surface area contributed by atoms with Crippen molar-refractivity contribution >= 4 is 11.8 Å². The number of carbonyl (C=O) groups is 2. The van der Waals surface area contributed by atoms with E-state index in [1.54, 1.807) is 7.11 Å². The van der Waals surface area contributed by atoms with Crippen molar-refractivity contribution in [2.45, 2.75) is 82.2 Å². The van der Waals surface area contributed by atoms with Gasteiger partial charge in [-0.1, -0.05) is 31.4 Å². The van der Waals surface area contributed by atoms with Gasteiger partial charge in [0.05, 0.1) is 7.11 Å². The Morgan fingerprint density at radius 1 is 1.03 bits per heavy atom. The van der Waals surface area contributed by atoms with Gasteiger partial charge in [0, 0.05) is 19.0 Å². The van der Waals surface area contributed by atoms with Crippen molar-refractivity contribution in [3.8, 4) is 5.75 Å². The van der Waals surface area contributed by atoms with Crippen LogP contribution in [0.3, 0.4) is 0 Å². The number of benzene rings is 1. The smallest absolute Gasteiger partial charge is 0.243 e. The highest BCUT2D eigenvalue weighted by Crippen LogP contribution is 2.45. The average Bonchev–Trinajstić information content (AvgIpc) is 3.47. The van der Waals surface area contributed by atoms with E-state index in [2.05, 4.69) is 17.4 Å². The van der Waals surface area contributed by atoms with E-state index in [1.807, 2.05) is 17.0 Å². The van der Waals surface area contributed by atoms with Crippen molar-refractivity contribution in [1.29, 1.82) is 0 Å².